The predicted octanol–water partition coefficient (Wildman–Crippen LogP) is 4.28. The van der Waals surface area contributed by atoms with Gasteiger partial charge < -0.3 is 10.1 Å². The zero-order valence-corrected chi connectivity index (χ0v) is 15.3. The molecule has 0 aliphatic rings. The molecule has 2 N–H and O–H groups in total. The highest BCUT2D eigenvalue weighted by Crippen LogP contribution is 2.23. The predicted molar refractivity (Wildman–Crippen MR) is 100 cm³/mol. The Hall–Kier alpha value is -1.92. The van der Waals surface area contributed by atoms with E-state index in [1.165, 1.54) is 0 Å². The standard InChI is InChI=1S/C17H17BrN2O2S/c1-3-22-15-8-7-12(18)10-14(15)16(21)20-17(23)19-13-6-4-5-11(2)9-13/h4-10H,3H2,1-2H3,(H2,19,20,21,23). The van der Waals surface area contributed by atoms with Gasteiger partial charge in [-0.1, -0.05) is 28.1 Å². The lowest BCUT2D eigenvalue weighted by molar-refractivity contribution is 0.0974. The summed E-state index contributed by atoms with van der Waals surface area (Å²) in [5.41, 5.74) is 2.36. The highest BCUT2D eigenvalue weighted by atomic mass is 79.9. The van der Waals surface area contributed by atoms with Crippen LogP contribution in [0.3, 0.4) is 0 Å². The molecule has 0 atom stereocenters. The summed E-state index contributed by atoms with van der Waals surface area (Å²) in [6.07, 6.45) is 0. The number of carbonyl (C=O) groups is 1. The summed E-state index contributed by atoms with van der Waals surface area (Å²) < 4.78 is 6.28. The first kappa shape index (κ1) is 17.4. The Labute approximate surface area is 149 Å². The van der Waals surface area contributed by atoms with Crippen molar-refractivity contribution in [1.29, 1.82) is 0 Å². The summed E-state index contributed by atoms with van der Waals surface area (Å²) in [5.74, 6) is 0.200. The van der Waals surface area contributed by atoms with E-state index < -0.39 is 0 Å². The first-order valence-corrected chi connectivity index (χ1v) is 8.31. The molecular formula is C17H17BrN2O2S. The molecule has 0 aromatic heterocycles. The fourth-order valence-electron chi connectivity index (χ4n) is 2.02. The number of amides is 1. The van der Waals surface area contributed by atoms with Gasteiger partial charge in [0.25, 0.3) is 5.91 Å². The van der Waals surface area contributed by atoms with Crippen molar-refractivity contribution in [1.82, 2.24) is 5.32 Å². The van der Waals surface area contributed by atoms with E-state index in [1.54, 1.807) is 12.1 Å². The average molecular weight is 393 g/mol. The number of anilines is 1. The highest BCUT2D eigenvalue weighted by Gasteiger charge is 2.14. The topological polar surface area (TPSA) is 50.4 Å². The fraction of sp³-hybridized carbons (Fsp3) is 0.176. The summed E-state index contributed by atoms with van der Waals surface area (Å²) in [6.45, 7) is 4.34. The number of carbonyl (C=O) groups excluding carboxylic acids is 1. The van der Waals surface area contributed by atoms with Gasteiger partial charge in [0.1, 0.15) is 5.75 Å². The van der Waals surface area contributed by atoms with Gasteiger partial charge in [0.05, 0.1) is 12.2 Å². The average Bonchev–Trinajstić information content (AvgIpc) is 2.49. The monoisotopic (exact) mass is 392 g/mol. The van der Waals surface area contributed by atoms with Crippen LogP contribution in [0.1, 0.15) is 22.8 Å². The van der Waals surface area contributed by atoms with Gasteiger partial charge in [-0.25, -0.2) is 0 Å². The van der Waals surface area contributed by atoms with Crippen LogP contribution < -0.4 is 15.4 Å². The number of thiocarbonyl (C=S) groups is 1. The summed E-state index contributed by atoms with van der Waals surface area (Å²) >= 11 is 8.56. The number of benzene rings is 2. The Bertz CT molecular complexity index is 734. The Kier molecular flexibility index (Phi) is 6.12. The molecule has 2 rings (SSSR count). The van der Waals surface area contributed by atoms with Gasteiger partial charge >= 0.3 is 0 Å². The van der Waals surface area contributed by atoms with Gasteiger partial charge in [0, 0.05) is 10.2 Å². The second kappa shape index (κ2) is 8.08. The molecule has 0 spiro atoms. The van der Waals surface area contributed by atoms with Crippen LogP contribution in [-0.2, 0) is 0 Å². The first-order valence-electron chi connectivity index (χ1n) is 7.11. The minimum atomic E-state index is -0.320. The van der Waals surface area contributed by atoms with Gasteiger partial charge in [0.15, 0.2) is 5.11 Å². The third-order valence-corrected chi connectivity index (χ3v) is 3.69. The molecule has 1 amide bonds. The van der Waals surface area contributed by atoms with Gasteiger partial charge in [0.2, 0.25) is 0 Å². The van der Waals surface area contributed by atoms with Crippen molar-refractivity contribution in [2.24, 2.45) is 0 Å². The Morgan fingerprint density at radius 2 is 2.04 bits per heavy atom. The molecule has 0 aliphatic heterocycles. The molecule has 6 heteroatoms. The lowest BCUT2D eigenvalue weighted by Gasteiger charge is -2.13. The second-order valence-electron chi connectivity index (χ2n) is 4.85. The second-order valence-corrected chi connectivity index (χ2v) is 6.18. The van der Waals surface area contributed by atoms with Gasteiger partial charge in [-0.3, -0.25) is 10.1 Å². The van der Waals surface area contributed by atoms with Crippen LogP contribution in [0.25, 0.3) is 0 Å². The number of nitrogens with one attached hydrogen (secondary N) is 2. The van der Waals surface area contributed by atoms with Crippen LogP contribution in [0.4, 0.5) is 5.69 Å². The number of rotatable bonds is 4. The first-order chi connectivity index (χ1) is 11.0. The number of ether oxygens (including phenoxy) is 1. The molecule has 0 heterocycles. The summed E-state index contributed by atoms with van der Waals surface area (Å²) in [7, 11) is 0. The van der Waals surface area contributed by atoms with Crippen LogP contribution in [0.15, 0.2) is 46.9 Å². The number of hydrogen-bond donors (Lipinski definition) is 2. The van der Waals surface area contributed by atoms with E-state index >= 15 is 0 Å². The van der Waals surface area contributed by atoms with E-state index in [4.69, 9.17) is 17.0 Å². The molecule has 0 bridgehead atoms. The lowest BCUT2D eigenvalue weighted by atomic mass is 10.2. The summed E-state index contributed by atoms with van der Waals surface area (Å²) in [4.78, 5) is 12.4. The fourth-order valence-corrected chi connectivity index (χ4v) is 2.59. The van der Waals surface area contributed by atoms with Crippen molar-refractivity contribution in [3.63, 3.8) is 0 Å². The van der Waals surface area contributed by atoms with Crippen molar-refractivity contribution in [3.8, 4) is 5.75 Å². The van der Waals surface area contributed by atoms with Crippen LogP contribution in [-0.4, -0.2) is 17.6 Å². The van der Waals surface area contributed by atoms with Crippen molar-refractivity contribution < 1.29 is 9.53 Å². The van der Waals surface area contributed by atoms with Crippen molar-refractivity contribution >= 4 is 44.9 Å². The molecule has 0 saturated carbocycles. The van der Waals surface area contributed by atoms with Crippen LogP contribution in [0.2, 0.25) is 0 Å². The minimum Gasteiger partial charge on any atom is -0.493 e. The van der Waals surface area contributed by atoms with Gasteiger partial charge in [-0.2, -0.15) is 0 Å². The molecule has 23 heavy (non-hydrogen) atoms. The maximum absolute atomic E-state index is 12.4. The maximum Gasteiger partial charge on any atom is 0.261 e. The van der Waals surface area contributed by atoms with Crippen molar-refractivity contribution in [2.75, 3.05) is 11.9 Å². The third-order valence-electron chi connectivity index (χ3n) is 2.99. The summed E-state index contributed by atoms with van der Waals surface area (Å²) in [5, 5.41) is 5.91. The zero-order valence-electron chi connectivity index (χ0n) is 12.9. The summed E-state index contributed by atoms with van der Waals surface area (Å²) in [6, 6.07) is 13.0. The molecule has 0 unspecified atom stereocenters. The molecule has 0 radical (unpaired) electrons. The largest absolute Gasteiger partial charge is 0.493 e. The van der Waals surface area contributed by atoms with Crippen molar-refractivity contribution in [2.45, 2.75) is 13.8 Å². The van der Waals surface area contributed by atoms with E-state index in [0.29, 0.717) is 17.9 Å². The normalized spacial score (nSPS) is 10.0. The van der Waals surface area contributed by atoms with Gasteiger partial charge in [-0.15, -0.1) is 0 Å². The molecule has 2 aromatic rings. The molecule has 0 fully saturated rings. The maximum atomic E-state index is 12.4. The molecule has 4 nitrogen and oxygen atoms in total. The molecule has 0 saturated heterocycles. The molecule has 0 aliphatic carbocycles. The Morgan fingerprint density at radius 1 is 1.26 bits per heavy atom. The quantitative estimate of drug-likeness (QED) is 0.762. The van der Waals surface area contributed by atoms with E-state index in [9.17, 15) is 4.79 Å². The zero-order chi connectivity index (χ0) is 16.8. The lowest BCUT2D eigenvalue weighted by Crippen LogP contribution is -2.34. The van der Waals surface area contributed by atoms with E-state index in [2.05, 4.69) is 26.6 Å². The van der Waals surface area contributed by atoms with E-state index in [-0.39, 0.29) is 11.0 Å². The van der Waals surface area contributed by atoms with Crippen LogP contribution in [0, 0.1) is 6.92 Å². The number of hydrogen-bond acceptors (Lipinski definition) is 3. The van der Waals surface area contributed by atoms with Gasteiger partial charge in [-0.05, 0) is 62.0 Å². The Balaban J connectivity index is 2.09. The van der Waals surface area contributed by atoms with Crippen LogP contribution >= 0.6 is 28.1 Å². The smallest absolute Gasteiger partial charge is 0.261 e. The van der Waals surface area contributed by atoms with Crippen LogP contribution in [0.5, 0.6) is 5.75 Å². The molecular weight excluding hydrogens is 376 g/mol. The third kappa shape index (κ3) is 5.04. The SMILES string of the molecule is CCOc1ccc(Br)cc1C(=O)NC(=S)Nc1cccc(C)c1. The highest BCUT2D eigenvalue weighted by molar-refractivity contribution is 9.10. The van der Waals surface area contributed by atoms with E-state index in [0.717, 1.165) is 15.7 Å². The molecule has 2 aromatic carbocycles. The Morgan fingerprint density at radius 3 is 2.74 bits per heavy atom. The van der Waals surface area contributed by atoms with Crippen molar-refractivity contribution in [3.05, 3.63) is 58.1 Å². The number of aryl methyl sites for hydroxylation is 1. The minimum absolute atomic E-state index is 0.239. The van der Waals surface area contributed by atoms with E-state index in [1.807, 2.05) is 44.2 Å². The number of halogens is 1. The molecule has 120 valence electrons.